The van der Waals surface area contributed by atoms with E-state index in [4.69, 9.17) is 10.5 Å². The van der Waals surface area contributed by atoms with Crippen LogP contribution < -0.4 is 10.5 Å². The number of aromatic nitrogens is 2. The third-order valence-electron chi connectivity index (χ3n) is 4.23. The highest BCUT2D eigenvalue weighted by atomic mass is 16.5. The molecule has 2 heterocycles. The summed E-state index contributed by atoms with van der Waals surface area (Å²) in [5.74, 6) is 0.983. The minimum atomic E-state index is 0.174. The van der Waals surface area contributed by atoms with Gasteiger partial charge in [0.15, 0.2) is 0 Å². The average molecular weight is 262 g/mol. The number of likely N-dealkylation sites (N-methyl/N-ethyl adjacent to an activating group) is 1. The highest BCUT2D eigenvalue weighted by molar-refractivity contribution is 5.31. The van der Waals surface area contributed by atoms with Crippen molar-refractivity contribution in [3.05, 3.63) is 17.5 Å². The van der Waals surface area contributed by atoms with Crippen molar-refractivity contribution in [3.8, 4) is 6.01 Å². The van der Waals surface area contributed by atoms with Crippen molar-refractivity contribution < 1.29 is 4.74 Å². The molecule has 2 atom stereocenters. The van der Waals surface area contributed by atoms with Gasteiger partial charge in [0.1, 0.15) is 0 Å². The van der Waals surface area contributed by atoms with E-state index < -0.39 is 0 Å². The molecule has 2 aliphatic rings. The Morgan fingerprint density at radius 2 is 2.16 bits per heavy atom. The molecule has 1 aliphatic carbocycles. The second-order valence-electron chi connectivity index (χ2n) is 5.79. The van der Waals surface area contributed by atoms with E-state index >= 15 is 0 Å². The van der Waals surface area contributed by atoms with Crippen LogP contribution in [0.25, 0.3) is 0 Å². The predicted octanol–water partition coefficient (Wildman–Crippen LogP) is 1.11. The fourth-order valence-corrected chi connectivity index (χ4v) is 2.99. The summed E-state index contributed by atoms with van der Waals surface area (Å²) in [4.78, 5) is 11.2. The van der Waals surface area contributed by atoms with Crippen molar-refractivity contribution in [1.82, 2.24) is 14.9 Å². The van der Waals surface area contributed by atoms with Crippen LogP contribution in [-0.4, -0.2) is 48.2 Å². The molecule has 1 aromatic heterocycles. The van der Waals surface area contributed by atoms with E-state index in [0.29, 0.717) is 17.8 Å². The molecule has 1 aromatic rings. The van der Waals surface area contributed by atoms with E-state index in [9.17, 15) is 0 Å². The van der Waals surface area contributed by atoms with Crippen molar-refractivity contribution in [2.75, 3.05) is 27.2 Å². The number of rotatable bonds is 3. The monoisotopic (exact) mass is 262 g/mol. The maximum atomic E-state index is 6.33. The fraction of sp³-hybridized carbons (Fsp3) is 0.714. The second-order valence-corrected chi connectivity index (χ2v) is 5.79. The van der Waals surface area contributed by atoms with Crippen LogP contribution >= 0.6 is 0 Å². The van der Waals surface area contributed by atoms with Gasteiger partial charge in [-0.25, -0.2) is 4.98 Å². The molecule has 5 nitrogen and oxygen atoms in total. The van der Waals surface area contributed by atoms with E-state index in [1.54, 1.807) is 7.11 Å². The topological polar surface area (TPSA) is 64.3 Å². The maximum absolute atomic E-state index is 6.33. The third kappa shape index (κ3) is 2.58. The molecule has 0 bridgehead atoms. The molecule has 3 rings (SSSR count). The molecule has 19 heavy (non-hydrogen) atoms. The van der Waals surface area contributed by atoms with Crippen molar-refractivity contribution in [2.45, 2.75) is 37.1 Å². The molecule has 1 saturated heterocycles. The normalized spacial score (nSPS) is 28.4. The standard InChI is InChI=1S/C14H22N4O/c1-18-6-5-10(12(15)8-18)11-7-16-14(19-2)17-13(11)9-3-4-9/h7,9-10,12H,3-6,8,15H2,1-2H3. The summed E-state index contributed by atoms with van der Waals surface area (Å²) in [6.07, 6.45) is 5.49. The van der Waals surface area contributed by atoms with Gasteiger partial charge in [-0.1, -0.05) is 0 Å². The Labute approximate surface area is 114 Å². The third-order valence-corrected chi connectivity index (χ3v) is 4.23. The van der Waals surface area contributed by atoms with Gasteiger partial charge in [-0.15, -0.1) is 0 Å². The lowest BCUT2D eigenvalue weighted by molar-refractivity contribution is 0.227. The van der Waals surface area contributed by atoms with Crippen molar-refractivity contribution in [3.63, 3.8) is 0 Å². The van der Waals surface area contributed by atoms with Crippen LogP contribution in [0, 0.1) is 0 Å². The van der Waals surface area contributed by atoms with Crippen LogP contribution in [0.3, 0.4) is 0 Å². The van der Waals surface area contributed by atoms with Crippen molar-refractivity contribution >= 4 is 0 Å². The van der Waals surface area contributed by atoms with E-state index in [2.05, 4.69) is 21.9 Å². The van der Waals surface area contributed by atoms with E-state index in [1.165, 1.54) is 24.1 Å². The van der Waals surface area contributed by atoms with Crippen LogP contribution in [0.5, 0.6) is 6.01 Å². The van der Waals surface area contributed by atoms with Gasteiger partial charge < -0.3 is 15.4 Å². The Kier molecular flexibility index (Phi) is 3.41. The van der Waals surface area contributed by atoms with Crippen LogP contribution in [-0.2, 0) is 0 Å². The zero-order valence-electron chi connectivity index (χ0n) is 11.7. The zero-order chi connectivity index (χ0) is 13.4. The molecule has 2 N–H and O–H groups in total. The number of hydrogen-bond donors (Lipinski definition) is 1. The summed E-state index contributed by atoms with van der Waals surface area (Å²) in [5, 5.41) is 0. The molecule has 2 fully saturated rings. The van der Waals surface area contributed by atoms with Gasteiger partial charge in [0.25, 0.3) is 0 Å². The highest BCUT2D eigenvalue weighted by Gasteiger charge is 2.34. The smallest absolute Gasteiger partial charge is 0.316 e. The summed E-state index contributed by atoms with van der Waals surface area (Å²) in [6.45, 7) is 2.04. The number of methoxy groups -OCH3 is 1. The summed E-state index contributed by atoms with van der Waals surface area (Å²) in [7, 11) is 3.75. The van der Waals surface area contributed by atoms with Gasteiger partial charge in [-0.3, -0.25) is 0 Å². The summed E-state index contributed by atoms with van der Waals surface area (Å²) < 4.78 is 5.16. The molecule has 104 valence electrons. The van der Waals surface area contributed by atoms with Crippen LogP contribution in [0.15, 0.2) is 6.20 Å². The van der Waals surface area contributed by atoms with E-state index in [1.807, 2.05) is 6.20 Å². The number of likely N-dealkylation sites (tertiary alicyclic amines) is 1. The summed E-state index contributed by atoms with van der Waals surface area (Å²) in [5.41, 5.74) is 8.76. The van der Waals surface area contributed by atoms with Crippen LogP contribution in [0.1, 0.15) is 42.4 Å². The number of nitrogens with zero attached hydrogens (tertiary/aromatic N) is 3. The Bertz CT molecular complexity index is 461. The molecule has 0 spiro atoms. The average Bonchev–Trinajstić information content (AvgIpc) is 3.23. The Morgan fingerprint density at radius 3 is 2.79 bits per heavy atom. The molecule has 1 aliphatic heterocycles. The lowest BCUT2D eigenvalue weighted by Gasteiger charge is -2.35. The van der Waals surface area contributed by atoms with Gasteiger partial charge in [-0.05, 0) is 38.4 Å². The minimum Gasteiger partial charge on any atom is -0.467 e. The van der Waals surface area contributed by atoms with Gasteiger partial charge in [0.05, 0.1) is 12.8 Å². The van der Waals surface area contributed by atoms with Crippen LogP contribution in [0.4, 0.5) is 0 Å². The number of ether oxygens (including phenoxy) is 1. The lowest BCUT2D eigenvalue weighted by Crippen LogP contribution is -2.45. The summed E-state index contributed by atoms with van der Waals surface area (Å²) >= 11 is 0. The van der Waals surface area contributed by atoms with Crippen molar-refractivity contribution in [1.29, 1.82) is 0 Å². The lowest BCUT2D eigenvalue weighted by atomic mass is 9.85. The number of nitrogens with two attached hydrogens (primary N) is 1. The molecular formula is C14H22N4O. The highest BCUT2D eigenvalue weighted by Crippen LogP contribution is 2.43. The van der Waals surface area contributed by atoms with E-state index in [0.717, 1.165) is 19.5 Å². The minimum absolute atomic E-state index is 0.174. The number of hydrogen-bond acceptors (Lipinski definition) is 5. The largest absolute Gasteiger partial charge is 0.467 e. The van der Waals surface area contributed by atoms with Gasteiger partial charge in [0.2, 0.25) is 0 Å². The van der Waals surface area contributed by atoms with Gasteiger partial charge in [-0.2, -0.15) is 4.98 Å². The summed E-state index contributed by atoms with van der Waals surface area (Å²) in [6, 6.07) is 0.653. The zero-order valence-corrected chi connectivity index (χ0v) is 11.7. The first-order valence-corrected chi connectivity index (χ1v) is 7.04. The van der Waals surface area contributed by atoms with Crippen LogP contribution in [0.2, 0.25) is 0 Å². The molecular weight excluding hydrogens is 240 g/mol. The molecule has 1 saturated carbocycles. The van der Waals surface area contributed by atoms with E-state index in [-0.39, 0.29) is 6.04 Å². The Morgan fingerprint density at radius 1 is 1.37 bits per heavy atom. The molecule has 0 aromatic carbocycles. The fourth-order valence-electron chi connectivity index (χ4n) is 2.99. The SMILES string of the molecule is COc1ncc(C2CCN(C)CC2N)c(C2CC2)n1. The van der Waals surface area contributed by atoms with Crippen molar-refractivity contribution in [2.24, 2.45) is 5.73 Å². The molecule has 2 unspecified atom stereocenters. The second kappa shape index (κ2) is 5.06. The maximum Gasteiger partial charge on any atom is 0.316 e. The van der Waals surface area contributed by atoms with Gasteiger partial charge >= 0.3 is 6.01 Å². The molecule has 0 amide bonds. The Balaban J connectivity index is 1.90. The van der Waals surface area contributed by atoms with Gasteiger partial charge in [0, 0.05) is 30.6 Å². The molecule has 5 heteroatoms. The first kappa shape index (κ1) is 12.8. The first-order valence-electron chi connectivity index (χ1n) is 7.04. The first-order chi connectivity index (χ1) is 9.19. The number of piperidine rings is 1. The predicted molar refractivity (Wildman–Crippen MR) is 73.4 cm³/mol. The quantitative estimate of drug-likeness (QED) is 0.884. The Hall–Kier alpha value is -1.20. The molecule has 0 radical (unpaired) electrons.